The van der Waals surface area contributed by atoms with Crippen LogP contribution >= 0.6 is 11.8 Å². The predicted molar refractivity (Wildman–Crippen MR) is 128 cm³/mol. The molecule has 5 atom stereocenters. The van der Waals surface area contributed by atoms with Crippen LogP contribution in [0, 0.1) is 0 Å². The van der Waals surface area contributed by atoms with Gasteiger partial charge in [-0.15, -0.1) is 0 Å². The van der Waals surface area contributed by atoms with Gasteiger partial charge in [-0.1, -0.05) is 0 Å². The molecule has 0 fully saturated rings. The van der Waals surface area contributed by atoms with Crippen molar-refractivity contribution in [2.75, 3.05) is 18.6 Å². The van der Waals surface area contributed by atoms with Crippen molar-refractivity contribution >= 4 is 47.4 Å². The molecular formula is C19H35N7O8S. The number of carboxylic acid groups (broad SMARTS) is 2. The maximum absolute atomic E-state index is 12.9. The van der Waals surface area contributed by atoms with Crippen molar-refractivity contribution in [3.63, 3.8) is 0 Å². The van der Waals surface area contributed by atoms with Gasteiger partial charge in [-0.2, -0.15) is 11.8 Å². The summed E-state index contributed by atoms with van der Waals surface area (Å²) in [5.41, 5.74) is 16.0. The highest BCUT2D eigenvalue weighted by molar-refractivity contribution is 7.98. The summed E-state index contributed by atoms with van der Waals surface area (Å²) in [5, 5.41) is 35.1. The van der Waals surface area contributed by atoms with Crippen molar-refractivity contribution in [2.45, 2.75) is 62.9 Å². The molecule has 0 saturated carbocycles. The standard InChI is InChI=1S/C19H35N7O8S/c1-9(27)14(17(32)25-12(18(33)34)5-7-35-2)26-16(31)11(4-3-6-23-19(21)22)24-15(30)10(20)8-13(28)29/h9-12,14,27H,3-8,20H2,1-2H3,(H,24,30)(H,25,32)(H,26,31)(H,28,29)(H,33,34)(H4,21,22,23). The van der Waals surface area contributed by atoms with Gasteiger partial charge < -0.3 is 48.5 Å². The van der Waals surface area contributed by atoms with Crippen LogP contribution < -0.4 is 33.2 Å². The predicted octanol–water partition coefficient (Wildman–Crippen LogP) is -3.49. The van der Waals surface area contributed by atoms with Gasteiger partial charge >= 0.3 is 11.9 Å². The lowest BCUT2D eigenvalue weighted by Crippen LogP contribution is -2.60. The molecule has 15 nitrogen and oxygen atoms in total. The fourth-order valence-corrected chi connectivity index (χ4v) is 3.22. The highest BCUT2D eigenvalue weighted by atomic mass is 32.2. The summed E-state index contributed by atoms with van der Waals surface area (Å²) in [6, 6.07) is -5.50. The number of nitrogens with one attached hydrogen (secondary N) is 3. The number of amides is 3. The molecule has 3 amide bonds. The molecule has 0 rings (SSSR count). The number of thioether (sulfide) groups is 1. The van der Waals surface area contributed by atoms with Gasteiger partial charge in [0, 0.05) is 6.54 Å². The number of carboxylic acids is 2. The average molecular weight is 522 g/mol. The second-order valence-corrected chi connectivity index (χ2v) is 8.61. The summed E-state index contributed by atoms with van der Waals surface area (Å²) in [6.45, 7) is 1.33. The topological polar surface area (TPSA) is 273 Å². The molecule has 0 aromatic carbocycles. The van der Waals surface area contributed by atoms with Gasteiger partial charge in [-0.05, 0) is 38.2 Å². The van der Waals surface area contributed by atoms with E-state index in [0.717, 1.165) is 0 Å². The Morgan fingerprint density at radius 3 is 2.03 bits per heavy atom. The van der Waals surface area contributed by atoms with Crippen LogP contribution in [-0.4, -0.2) is 99.8 Å². The second kappa shape index (κ2) is 16.5. The van der Waals surface area contributed by atoms with Crippen molar-refractivity contribution in [1.29, 1.82) is 0 Å². The largest absolute Gasteiger partial charge is 0.481 e. The van der Waals surface area contributed by atoms with Crippen LogP contribution in [0.25, 0.3) is 0 Å². The third-order valence-corrected chi connectivity index (χ3v) is 5.24. The highest BCUT2D eigenvalue weighted by Crippen LogP contribution is 2.05. The third kappa shape index (κ3) is 13.4. The fourth-order valence-electron chi connectivity index (χ4n) is 2.75. The van der Waals surface area contributed by atoms with E-state index in [9.17, 15) is 34.2 Å². The molecule has 35 heavy (non-hydrogen) atoms. The summed E-state index contributed by atoms with van der Waals surface area (Å²) in [7, 11) is 0. The number of aliphatic hydroxyl groups is 1. The molecule has 0 aliphatic carbocycles. The molecule has 0 aliphatic heterocycles. The zero-order valence-corrected chi connectivity index (χ0v) is 20.4. The van der Waals surface area contributed by atoms with Gasteiger partial charge in [0.2, 0.25) is 17.7 Å². The molecule has 0 spiro atoms. The molecule has 0 radical (unpaired) electrons. The van der Waals surface area contributed by atoms with Crippen LogP contribution in [0.4, 0.5) is 0 Å². The van der Waals surface area contributed by atoms with E-state index in [1.807, 2.05) is 0 Å². The third-order valence-electron chi connectivity index (χ3n) is 4.60. The lowest BCUT2D eigenvalue weighted by atomic mass is 10.1. The Balaban J connectivity index is 5.51. The molecule has 0 aliphatic rings. The lowest BCUT2D eigenvalue weighted by Gasteiger charge is -2.26. The number of aliphatic imine (C=N–C) groups is 1. The Labute approximate surface area is 206 Å². The Kier molecular flexibility index (Phi) is 15.0. The first-order valence-corrected chi connectivity index (χ1v) is 12.0. The minimum atomic E-state index is -1.54. The molecule has 0 saturated heterocycles. The molecule has 0 aromatic rings. The zero-order valence-electron chi connectivity index (χ0n) is 19.6. The minimum Gasteiger partial charge on any atom is -0.481 e. The smallest absolute Gasteiger partial charge is 0.326 e. The number of carbonyl (C=O) groups excluding carboxylic acids is 3. The summed E-state index contributed by atoms with van der Waals surface area (Å²) in [4.78, 5) is 63.8. The number of hydrogen-bond acceptors (Lipinski definition) is 9. The first-order chi connectivity index (χ1) is 16.3. The number of aliphatic hydroxyl groups excluding tert-OH is 1. The maximum atomic E-state index is 12.9. The number of nitrogens with two attached hydrogens (primary N) is 3. The van der Waals surface area contributed by atoms with Crippen LogP contribution in [0.3, 0.4) is 0 Å². The number of hydrogen-bond donors (Lipinski definition) is 9. The van der Waals surface area contributed by atoms with Crippen molar-refractivity contribution in [3.05, 3.63) is 0 Å². The summed E-state index contributed by atoms with van der Waals surface area (Å²) < 4.78 is 0. The maximum Gasteiger partial charge on any atom is 0.326 e. The lowest BCUT2D eigenvalue weighted by molar-refractivity contribution is -0.143. The van der Waals surface area contributed by atoms with E-state index in [0.29, 0.717) is 5.75 Å². The van der Waals surface area contributed by atoms with Gasteiger partial charge in [0.05, 0.1) is 18.6 Å². The number of aliphatic carboxylic acids is 2. The van der Waals surface area contributed by atoms with Crippen molar-refractivity contribution < 1.29 is 39.3 Å². The van der Waals surface area contributed by atoms with Gasteiger partial charge in [0.25, 0.3) is 0 Å². The van der Waals surface area contributed by atoms with E-state index >= 15 is 0 Å². The number of guanidine groups is 1. The first kappa shape index (κ1) is 31.9. The Morgan fingerprint density at radius 1 is 0.943 bits per heavy atom. The van der Waals surface area contributed by atoms with Crippen LogP contribution in [0.5, 0.6) is 0 Å². The van der Waals surface area contributed by atoms with E-state index < -0.39 is 66.4 Å². The first-order valence-electron chi connectivity index (χ1n) is 10.6. The van der Waals surface area contributed by atoms with Gasteiger partial charge in [0.1, 0.15) is 18.1 Å². The number of carbonyl (C=O) groups is 5. The molecule has 16 heteroatoms. The zero-order chi connectivity index (χ0) is 27.1. The Morgan fingerprint density at radius 2 is 1.54 bits per heavy atom. The average Bonchev–Trinajstić information content (AvgIpc) is 2.75. The van der Waals surface area contributed by atoms with Crippen LogP contribution in [0.1, 0.15) is 32.6 Å². The van der Waals surface area contributed by atoms with Crippen LogP contribution in [0.2, 0.25) is 0 Å². The van der Waals surface area contributed by atoms with E-state index in [1.165, 1.54) is 18.7 Å². The quantitative estimate of drug-likeness (QED) is 0.0512. The Bertz CT molecular complexity index is 776. The second-order valence-electron chi connectivity index (χ2n) is 7.62. The summed E-state index contributed by atoms with van der Waals surface area (Å²) in [6.07, 6.45) is -0.0165. The molecule has 5 unspecified atom stereocenters. The van der Waals surface area contributed by atoms with Crippen molar-refractivity contribution in [2.24, 2.45) is 22.2 Å². The number of rotatable bonds is 17. The van der Waals surface area contributed by atoms with Crippen molar-refractivity contribution in [3.8, 4) is 0 Å². The minimum absolute atomic E-state index is 0.0201. The van der Waals surface area contributed by atoms with E-state index in [4.69, 9.17) is 22.3 Å². The molecule has 0 bridgehead atoms. The summed E-state index contributed by atoms with van der Waals surface area (Å²) in [5.74, 6) is -5.07. The molecule has 12 N–H and O–H groups in total. The monoisotopic (exact) mass is 521 g/mol. The molecule has 200 valence electrons. The van der Waals surface area contributed by atoms with Crippen molar-refractivity contribution in [1.82, 2.24) is 16.0 Å². The van der Waals surface area contributed by atoms with Crippen LogP contribution in [0.15, 0.2) is 4.99 Å². The summed E-state index contributed by atoms with van der Waals surface area (Å²) >= 11 is 1.38. The van der Waals surface area contributed by atoms with Crippen LogP contribution in [-0.2, 0) is 24.0 Å². The molecular weight excluding hydrogens is 486 g/mol. The molecule has 0 aromatic heterocycles. The van der Waals surface area contributed by atoms with E-state index in [2.05, 4.69) is 20.9 Å². The normalized spacial score (nSPS) is 15.0. The van der Waals surface area contributed by atoms with Gasteiger partial charge in [0.15, 0.2) is 5.96 Å². The molecule has 0 heterocycles. The van der Waals surface area contributed by atoms with Gasteiger partial charge in [-0.3, -0.25) is 24.2 Å². The SMILES string of the molecule is CSCCC(NC(=O)C(NC(=O)C(CCCN=C(N)N)NC(=O)C(N)CC(=O)O)C(C)O)C(=O)O. The number of nitrogens with zero attached hydrogens (tertiary/aromatic N) is 1. The Hall–Kier alpha value is -3.11. The fraction of sp³-hybridized carbons (Fsp3) is 0.684. The van der Waals surface area contributed by atoms with Gasteiger partial charge in [-0.25, -0.2) is 4.79 Å². The van der Waals surface area contributed by atoms with E-state index in [-0.39, 0.29) is 31.8 Å². The van der Waals surface area contributed by atoms with E-state index in [1.54, 1.807) is 6.26 Å². The highest BCUT2D eigenvalue weighted by Gasteiger charge is 2.32.